The zero-order chi connectivity index (χ0) is 8.97. The van der Waals surface area contributed by atoms with Crippen LogP contribution >= 0.6 is 11.6 Å². The Hall–Kier alpha value is -1.53. The third-order valence-electron chi connectivity index (χ3n) is 1.32. The molecule has 4 heteroatoms. The highest BCUT2D eigenvalue weighted by Gasteiger charge is 1.98. The number of hydrogen-bond donors (Lipinski definition) is 1. The Morgan fingerprint density at radius 1 is 1.58 bits per heavy atom. The lowest BCUT2D eigenvalue weighted by molar-refractivity contribution is 0.322. The summed E-state index contributed by atoms with van der Waals surface area (Å²) in [4.78, 5) is 0. The van der Waals surface area contributed by atoms with E-state index >= 15 is 0 Å². The number of nitrogens with zero attached hydrogens (tertiary/aromatic N) is 2. The summed E-state index contributed by atoms with van der Waals surface area (Å²) in [7, 11) is 0. The van der Waals surface area contributed by atoms with E-state index in [0.717, 1.165) is 0 Å². The topological polar surface area (TPSA) is 56.4 Å². The molecule has 0 aliphatic heterocycles. The molecule has 0 aliphatic rings. The van der Waals surface area contributed by atoms with Gasteiger partial charge in [0.1, 0.15) is 0 Å². The highest BCUT2D eigenvalue weighted by Crippen LogP contribution is 2.15. The summed E-state index contributed by atoms with van der Waals surface area (Å²) in [5.41, 5.74) is 1.01. The van der Waals surface area contributed by atoms with Crippen LogP contribution < -0.4 is 0 Å². The smallest absolute Gasteiger partial charge is 0.0991 e. The standard InChI is InChI=1S/C8H5ClN2O/c9-8-2-1-6(4-10)3-7(8)5-11-12/h1-3,5,12H/b11-5+. The van der Waals surface area contributed by atoms with Crippen molar-refractivity contribution >= 4 is 17.8 Å². The lowest BCUT2D eigenvalue weighted by Gasteiger charge is -1.95. The van der Waals surface area contributed by atoms with Gasteiger partial charge < -0.3 is 5.21 Å². The molecular weight excluding hydrogens is 176 g/mol. The monoisotopic (exact) mass is 180 g/mol. The van der Waals surface area contributed by atoms with Gasteiger partial charge in [-0.15, -0.1) is 0 Å². The van der Waals surface area contributed by atoms with Crippen molar-refractivity contribution in [2.24, 2.45) is 5.16 Å². The Balaban J connectivity index is 3.19. The summed E-state index contributed by atoms with van der Waals surface area (Å²) in [6, 6.07) is 6.67. The minimum Gasteiger partial charge on any atom is -0.411 e. The van der Waals surface area contributed by atoms with E-state index in [0.29, 0.717) is 16.1 Å². The maximum Gasteiger partial charge on any atom is 0.0991 e. The van der Waals surface area contributed by atoms with Crippen molar-refractivity contribution in [3.63, 3.8) is 0 Å². The van der Waals surface area contributed by atoms with Crippen LogP contribution in [0.4, 0.5) is 0 Å². The van der Waals surface area contributed by atoms with Gasteiger partial charge in [0, 0.05) is 10.6 Å². The second kappa shape index (κ2) is 3.74. The van der Waals surface area contributed by atoms with E-state index in [9.17, 15) is 0 Å². The molecule has 0 saturated heterocycles. The van der Waals surface area contributed by atoms with Crippen molar-refractivity contribution in [2.45, 2.75) is 0 Å². The molecule has 1 aromatic carbocycles. The van der Waals surface area contributed by atoms with Crippen LogP contribution in [0.2, 0.25) is 5.02 Å². The summed E-state index contributed by atoms with van der Waals surface area (Å²) < 4.78 is 0. The van der Waals surface area contributed by atoms with E-state index in [2.05, 4.69) is 5.16 Å². The average Bonchev–Trinajstić information content (AvgIpc) is 2.09. The molecule has 0 amide bonds. The predicted octanol–water partition coefficient (Wildman–Crippen LogP) is 2.02. The fourth-order valence-electron chi connectivity index (χ4n) is 0.774. The molecule has 1 aromatic rings. The van der Waals surface area contributed by atoms with Crippen LogP contribution in [0.25, 0.3) is 0 Å². The van der Waals surface area contributed by atoms with E-state index in [1.807, 2.05) is 6.07 Å². The minimum atomic E-state index is 0.451. The molecule has 0 spiro atoms. The number of rotatable bonds is 1. The Labute approximate surface area is 74.5 Å². The van der Waals surface area contributed by atoms with Gasteiger partial charge in [0.15, 0.2) is 0 Å². The first-order valence-corrected chi connectivity index (χ1v) is 3.53. The highest BCUT2D eigenvalue weighted by atomic mass is 35.5. The summed E-state index contributed by atoms with van der Waals surface area (Å²) in [5.74, 6) is 0. The SMILES string of the molecule is N#Cc1ccc(Cl)c(/C=N/O)c1. The van der Waals surface area contributed by atoms with Crippen molar-refractivity contribution in [3.05, 3.63) is 34.3 Å². The molecule has 0 aromatic heterocycles. The molecule has 3 nitrogen and oxygen atoms in total. The Morgan fingerprint density at radius 2 is 2.33 bits per heavy atom. The van der Waals surface area contributed by atoms with Gasteiger partial charge in [-0.2, -0.15) is 5.26 Å². The first-order valence-electron chi connectivity index (χ1n) is 3.15. The molecule has 0 aliphatic carbocycles. The lowest BCUT2D eigenvalue weighted by Crippen LogP contribution is -1.84. The first kappa shape index (κ1) is 8.57. The van der Waals surface area contributed by atoms with Crippen molar-refractivity contribution in [1.82, 2.24) is 0 Å². The normalized spacial score (nSPS) is 10.0. The van der Waals surface area contributed by atoms with Crippen LogP contribution in [0.1, 0.15) is 11.1 Å². The molecular formula is C8H5ClN2O. The van der Waals surface area contributed by atoms with Crippen molar-refractivity contribution in [2.75, 3.05) is 0 Å². The maximum absolute atomic E-state index is 8.52. The van der Waals surface area contributed by atoms with Gasteiger partial charge in [-0.1, -0.05) is 16.8 Å². The fourth-order valence-corrected chi connectivity index (χ4v) is 0.941. The maximum atomic E-state index is 8.52. The van der Waals surface area contributed by atoms with Crippen molar-refractivity contribution in [3.8, 4) is 6.07 Å². The van der Waals surface area contributed by atoms with Gasteiger partial charge in [0.05, 0.1) is 17.8 Å². The quantitative estimate of drug-likeness (QED) is 0.408. The highest BCUT2D eigenvalue weighted by molar-refractivity contribution is 6.33. The second-order valence-electron chi connectivity index (χ2n) is 2.09. The number of benzene rings is 1. The van der Waals surface area contributed by atoms with Gasteiger partial charge in [0.25, 0.3) is 0 Å². The summed E-state index contributed by atoms with van der Waals surface area (Å²) in [5, 5.41) is 20.0. The first-order chi connectivity index (χ1) is 5.77. The van der Waals surface area contributed by atoms with Crippen LogP contribution in [0.15, 0.2) is 23.4 Å². The lowest BCUT2D eigenvalue weighted by atomic mass is 10.1. The Morgan fingerprint density at radius 3 is 2.92 bits per heavy atom. The van der Waals surface area contributed by atoms with Crippen LogP contribution in [-0.4, -0.2) is 11.4 Å². The van der Waals surface area contributed by atoms with Crippen molar-refractivity contribution in [1.29, 1.82) is 5.26 Å². The molecule has 12 heavy (non-hydrogen) atoms. The summed E-state index contributed by atoms with van der Waals surface area (Å²) in [6.45, 7) is 0. The van der Waals surface area contributed by atoms with E-state index < -0.39 is 0 Å². The Kier molecular flexibility index (Phi) is 2.67. The van der Waals surface area contributed by atoms with E-state index in [-0.39, 0.29) is 0 Å². The third kappa shape index (κ3) is 1.74. The number of oxime groups is 1. The number of hydrogen-bond acceptors (Lipinski definition) is 3. The molecule has 0 radical (unpaired) electrons. The van der Waals surface area contributed by atoms with Crippen LogP contribution in [0.3, 0.4) is 0 Å². The molecule has 0 saturated carbocycles. The molecule has 0 unspecified atom stereocenters. The zero-order valence-electron chi connectivity index (χ0n) is 6.03. The van der Waals surface area contributed by atoms with E-state index in [1.54, 1.807) is 18.2 Å². The van der Waals surface area contributed by atoms with Gasteiger partial charge in [-0.05, 0) is 18.2 Å². The molecule has 60 valence electrons. The largest absolute Gasteiger partial charge is 0.411 e. The van der Waals surface area contributed by atoms with Crippen LogP contribution in [-0.2, 0) is 0 Å². The van der Waals surface area contributed by atoms with E-state index in [1.165, 1.54) is 6.21 Å². The minimum absolute atomic E-state index is 0.451. The number of halogens is 1. The third-order valence-corrected chi connectivity index (χ3v) is 1.67. The molecule has 1 N–H and O–H groups in total. The predicted molar refractivity (Wildman–Crippen MR) is 45.5 cm³/mol. The average molecular weight is 181 g/mol. The zero-order valence-corrected chi connectivity index (χ0v) is 6.78. The van der Waals surface area contributed by atoms with Crippen LogP contribution in [0, 0.1) is 11.3 Å². The molecule has 0 fully saturated rings. The fraction of sp³-hybridized carbons (Fsp3) is 0. The van der Waals surface area contributed by atoms with E-state index in [4.69, 9.17) is 22.1 Å². The summed E-state index contributed by atoms with van der Waals surface area (Å²) in [6.07, 6.45) is 1.18. The van der Waals surface area contributed by atoms with Gasteiger partial charge >= 0.3 is 0 Å². The van der Waals surface area contributed by atoms with Gasteiger partial charge in [-0.3, -0.25) is 0 Å². The second-order valence-corrected chi connectivity index (χ2v) is 2.50. The molecule has 0 atom stereocenters. The van der Waals surface area contributed by atoms with Crippen LogP contribution in [0.5, 0.6) is 0 Å². The number of nitriles is 1. The molecule has 0 heterocycles. The van der Waals surface area contributed by atoms with Crippen molar-refractivity contribution < 1.29 is 5.21 Å². The molecule has 0 bridgehead atoms. The van der Waals surface area contributed by atoms with Gasteiger partial charge in [0.2, 0.25) is 0 Å². The Bertz CT molecular complexity index is 355. The van der Waals surface area contributed by atoms with Gasteiger partial charge in [-0.25, -0.2) is 0 Å². The summed E-state index contributed by atoms with van der Waals surface area (Å²) >= 11 is 5.72. The molecule has 1 rings (SSSR count).